The summed E-state index contributed by atoms with van der Waals surface area (Å²) in [6.45, 7) is 0. The van der Waals surface area contributed by atoms with Crippen molar-refractivity contribution >= 4 is 22.7 Å². The summed E-state index contributed by atoms with van der Waals surface area (Å²) in [5, 5.41) is 30.8. The van der Waals surface area contributed by atoms with Crippen molar-refractivity contribution in [2.24, 2.45) is 0 Å². The summed E-state index contributed by atoms with van der Waals surface area (Å²) >= 11 is 0. The number of hydrazine groups is 1. The van der Waals surface area contributed by atoms with Crippen LogP contribution in [-0.4, -0.2) is 9.85 Å². The van der Waals surface area contributed by atoms with Gasteiger partial charge in [-0.15, -0.1) is 0 Å². The third-order valence-electron chi connectivity index (χ3n) is 3.18. The van der Waals surface area contributed by atoms with Gasteiger partial charge in [0.15, 0.2) is 0 Å². The molecule has 0 bridgehead atoms. The van der Waals surface area contributed by atoms with Gasteiger partial charge in [0.05, 0.1) is 27.0 Å². The first-order valence-electron chi connectivity index (χ1n) is 6.69. The normalized spacial score (nSPS) is 10.7. The number of nitro benzene ring substituents is 2. The maximum atomic E-state index is 12.7. The number of nitrogens with zero attached hydrogens (tertiary/aromatic N) is 3. The Morgan fingerprint density at radius 2 is 1.42 bits per heavy atom. The largest absolute Gasteiger partial charge is 0.416 e. The lowest BCUT2D eigenvalue weighted by atomic mass is 10.1. The van der Waals surface area contributed by atoms with E-state index in [9.17, 15) is 33.4 Å². The average Bonchev–Trinajstić information content (AvgIpc) is 2.58. The molecule has 2 N–H and O–H groups in total. The van der Waals surface area contributed by atoms with Crippen LogP contribution in [0.15, 0.2) is 36.4 Å². The number of alkyl halides is 3. The number of nitrogens with one attached hydrogen (secondary N) is 2. The molecule has 2 aromatic carbocycles. The number of halogens is 3. The van der Waals surface area contributed by atoms with Gasteiger partial charge in [0.1, 0.15) is 11.4 Å². The van der Waals surface area contributed by atoms with Gasteiger partial charge in [0, 0.05) is 12.1 Å². The van der Waals surface area contributed by atoms with Crippen LogP contribution in [0.25, 0.3) is 0 Å². The van der Waals surface area contributed by atoms with Crippen LogP contribution in [0.5, 0.6) is 0 Å². The highest BCUT2D eigenvalue weighted by Crippen LogP contribution is 2.35. The number of anilines is 2. The van der Waals surface area contributed by atoms with Crippen LogP contribution in [0.4, 0.5) is 35.9 Å². The Labute approximate surface area is 142 Å². The Morgan fingerprint density at radius 3 is 1.88 bits per heavy atom. The smallest absolute Gasteiger partial charge is 0.294 e. The summed E-state index contributed by atoms with van der Waals surface area (Å²) in [5.74, 6) is 0. The van der Waals surface area contributed by atoms with Crippen molar-refractivity contribution in [2.45, 2.75) is 6.18 Å². The lowest BCUT2D eigenvalue weighted by Crippen LogP contribution is -2.13. The zero-order valence-electron chi connectivity index (χ0n) is 12.6. The monoisotopic (exact) mass is 367 g/mol. The predicted octanol–water partition coefficient (Wildman–Crippen LogP) is 3.83. The zero-order valence-corrected chi connectivity index (χ0v) is 12.6. The van der Waals surface area contributed by atoms with Crippen LogP contribution >= 0.6 is 0 Å². The van der Waals surface area contributed by atoms with E-state index in [1.54, 1.807) is 6.07 Å². The summed E-state index contributed by atoms with van der Waals surface area (Å²) in [5.41, 5.74) is 1.58. The minimum Gasteiger partial charge on any atom is -0.294 e. The van der Waals surface area contributed by atoms with Gasteiger partial charge in [0.2, 0.25) is 0 Å². The Hall–Kier alpha value is -3.88. The van der Waals surface area contributed by atoms with E-state index in [-0.39, 0.29) is 16.9 Å². The van der Waals surface area contributed by atoms with Crippen molar-refractivity contribution in [1.82, 2.24) is 0 Å². The molecule has 0 saturated carbocycles. The highest BCUT2D eigenvalue weighted by molar-refractivity contribution is 5.70. The average molecular weight is 367 g/mol. The fourth-order valence-electron chi connectivity index (χ4n) is 1.96. The van der Waals surface area contributed by atoms with E-state index in [4.69, 9.17) is 5.26 Å². The molecule has 2 aromatic rings. The molecule has 0 heterocycles. The van der Waals surface area contributed by atoms with E-state index in [1.165, 1.54) is 12.1 Å². The molecule has 0 spiro atoms. The maximum Gasteiger partial charge on any atom is 0.416 e. The van der Waals surface area contributed by atoms with Crippen molar-refractivity contribution in [3.63, 3.8) is 0 Å². The van der Waals surface area contributed by atoms with E-state index >= 15 is 0 Å². The minimum absolute atomic E-state index is 0.0164. The first-order valence-corrected chi connectivity index (χ1v) is 6.69. The molecular weight excluding hydrogens is 359 g/mol. The molecule has 0 aliphatic rings. The van der Waals surface area contributed by atoms with Gasteiger partial charge in [-0.3, -0.25) is 31.1 Å². The van der Waals surface area contributed by atoms with E-state index in [0.29, 0.717) is 12.1 Å². The van der Waals surface area contributed by atoms with E-state index in [0.717, 1.165) is 12.1 Å². The Morgan fingerprint density at radius 1 is 0.923 bits per heavy atom. The first kappa shape index (κ1) is 18.5. The molecule has 0 aromatic heterocycles. The number of rotatable bonds is 5. The molecule has 2 rings (SSSR count). The summed E-state index contributed by atoms with van der Waals surface area (Å²) in [6, 6.07) is 6.94. The summed E-state index contributed by atoms with van der Waals surface area (Å²) in [7, 11) is 0. The van der Waals surface area contributed by atoms with Crippen LogP contribution in [0.1, 0.15) is 11.1 Å². The molecule has 134 valence electrons. The lowest BCUT2D eigenvalue weighted by Gasteiger charge is -2.12. The van der Waals surface area contributed by atoms with Gasteiger partial charge in [-0.2, -0.15) is 18.4 Å². The standard InChI is InChI=1S/C14H8F3N5O4/c15-14(16,17)9-2-4-11(13(6-9)22(25)26)20-19-10-3-1-8(7-18)5-12(10)21(23)24/h1-6,19-20H. The van der Waals surface area contributed by atoms with Crippen molar-refractivity contribution < 1.29 is 23.0 Å². The molecule has 0 aliphatic heterocycles. The lowest BCUT2D eigenvalue weighted by molar-refractivity contribution is -0.384. The molecule has 0 saturated heterocycles. The van der Waals surface area contributed by atoms with Gasteiger partial charge < -0.3 is 0 Å². The van der Waals surface area contributed by atoms with E-state index < -0.39 is 33.0 Å². The number of hydrogen-bond acceptors (Lipinski definition) is 7. The molecular formula is C14H8F3N5O4. The second-order valence-electron chi connectivity index (χ2n) is 4.84. The summed E-state index contributed by atoms with van der Waals surface area (Å²) in [4.78, 5) is 20.2. The van der Waals surface area contributed by atoms with Gasteiger partial charge in [-0.05, 0) is 24.3 Å². The van der Waals surface area contributed by atoms with Crippen LogP contribution in [0.2, 0.25) is 0 Å². The molecule has 0 amide bonds. The molecule has 0 atom stereocenters. The van der Waals surface area contributed by atoms with Gasteiger partial charge in [-0.25, -0.2) is 0 Å². The third-order valence-corrected chi connectivity index (χ3v) is 3.18. The Kier molecular flexibility index (Phi) is 4.92. The molecule has 12 heteroatoms. The van der Waals surface area contributed by atoms with Gasteiger partial charge in [0.25, 0.3) is 11.4 Å². The van der Waals surface area contributed by atoms with Crippen molar-refractivity contribution in [1.29, 1.82) is 5.26 Å². The van der Waals surface area contributed by atoms with E-state index in [1.807, 2.05) is 0 Å². The van der Waals surface area contributed by atoms with Crippen LogP contribution in [-0.2, 0) is 6.18 Å². The fraction of sp³-hybridized carbons (Fsp3) is 0.0714. The molecule has 0 aliphatic carbocycles. The van der Waals surface area contributed by atoms with Crippen LogP contribution < -0.4 is 10.9 Å². The Bertz CT molecular complexity index is 924. The Balaban J connectivity index is 2.34. The number of nitro groups is 2. The first-order chi connectivity index (χ1) is 12.1. The zero-order chi connectivity index (χ0) is 19.5. The summed E-state index contributed by atoms with van der Waals surface area (Å²) < 4.78 is 38.0. The fourth-order valence-corrected chi connectivity index (χ4v) is 1.96. The molecule has 0 unspecified atom stereocenters. The van der Waals surface area contributed by atoms with Crippen molar-refractivity contribution in [3.8, 4) is 6.07 Å². The molecule has 26 heavy (non-hydrogen) atoms. The highest BCUT2D eigenvalue weighted by atomic mass is 19.4. The van der Waals surface area contributed by atoms with E-state index in [2.05, 4.69) is 10.9 Å². The number of benzene rings is 2. The predicted molar refractivity (Wildman–Crippen MR) is 83.2 cm³/mol. The van der Waals surface area contributed by atoms with Gasteiger partial charge >= 0.3 is 6.18 Å². The second-order valence-corrected chi connectivity index (χ2v) is 4.84. The maximum absolute atomic E-state index is 12.7. The number of nitriles is 1. The van der Waals surface area contributed by atoms with Crippen molar-refractivity contribution in [2.75, 3.05) is 10.9 Å². The molecule has 9 nitrogen and oxygen atoms in total. The van der Waals surface area contributed by atoms with Crippen LogP contribution in [0.3, 0.4) is 0 Å². The minimum atomic E-state index is -4.76. The highest BCUT2D eigenvalue weighted by Gasteiger charge is 2.33. The van der Waals surface area contributed by atoms with Gasteiger partial charge in [-0.1, -0.05) is 0 Å². The third kappa shape index (κ3) is 3.96. The van der Waals surface area contributed by atoms with Crippen molar-refractivity contribution in [3.05, 3.63) is 67.8 Å². The molecule has 0 fully saturated rings. The topological polar surface area (TPSA) is 134 Å². The summed E-state index contributed by atoms with van der Waals surface area (Å²) in [6.07, 6.45) is -4.76. The van der Waals surface area contributed by atoms with Crippen LogP contribution in [0, 0.1) is 31.6 Å². The quantitative estimate of drug-likeness (QED) is 0.606. The number of hydrogen-bond donors (Lipinski definition) is 2. The SMILES string of the molecule is N#Cc1ccc(NNc2ccc(C(F)(F)F)cc2[N+](=O)[O-])c([N+](=O)[O-])c1. The molecule has 0 radical (unpaired) electrons. The second kappa shape index (κ2) is 6.93.